The van der Waals surface area contributed by atoms with Crippen molar-refractivity contribution in [1.29, 1.82) is 0 Å². The molecule has 5 fully saturated rings. The van der Waals surface area contributed by atoms with Gasteiger partial charge >= 0.3 is 0 Å². The smallest absolute Gasteiger partial charge is 0.136 e. The number of aliphatic hydroxyl groups is 1. The summed E-state index contributed by atoms with van der Waals surface area (Å²) >= 11 is 0. The van der Waals surface area contributed by atoms with Crippen LogP contribution < -0.4 is 0 Å². The largest absolute Gasteiger partial charge is 0.389 e. The van der Waals surface area contributed by atoms with Crippen LogP contribution in [0.3, 0.4) is 0 Å². The fraction of sp³-hybridized carbons (Fsp3) is 0.923. The maximum Gasteiger partial charge on any atom is 0.136 e. The summed E-state index contributed by atoms with van der Waals surface area (Å²) in [5.41, 5.74) is -0.953. The highest BCUT2D eigenvalue weighted by atomic mass is 16.3. The molecule has 3 nitrogen and oxygen atoms in total. The van der Waals surface area contributed by atoms with E-state index >= 15 is 0 Å². The van der Waals surface area contributed by atoms with Crippen molar-refractivity contribution in [2.24, 2.45) is 45.8 Å². The minimum atomic E-state index is -0.832. The molecule has 0 aromatic heterocycles. The van der Waals surface area contributed by atoms with E-state index in [0.29, 0.717) is 42.3 Å². The Morgan fingerprint density at radius 3 is 2.48 bits per heavy atom. The Morgan fingerprint density at radius 1 is 1.00 bits per heavy atom. The summed E-state index contributed by atoms with van der Waals surface area (Å²) in [6.07, 6.45) is 11.2. The Labute approximate surface area is 176 Å². The van der Waals surface area contributed by atoms with Crippen molar-refractivity contribution in [3.8, 4) is 0 Å². The van der Waals surface area contributed by atoms with Crippen LogP contribution in [0.5, 0.6) is 0 Å². The Bertz CT molecular complexity index is 744. The number of hydrogen-bond donors (Lipinski definition) is 1. The number of carbonyl (C=O) groups excluding carboxylic acids is 2. The SMILES string of the molecule is CC(=O)C12CCCCC1CC1C3CC(C)[C@@]4(O)CC(=O)CC[C@]4(C)C3CC[C@@]12C. The molecule has 0 heterocycles. The van der Waals surface area contributed by atoms with E-state index in [1.165, 1.54) is 25.7 Å². The number of hydrogen-bond acceptors (Lipinski definition) is 3. The molecule has 162 valence electrons. The highest BCUT2D eigenvalue weighted by Gasteiger charge is 2.71. The molecule has 0 saturated heterocycles. The maximum absolute atomic E-state index is 13.2. The number of Topliss-reactive ketones (excluding diaryl/α,β-unsaturated/α-hetero) is 2. The highest BCUT2D eigenvalue weighted by molar-refractivity contribution is 5.84. The number of ketones is 2. The topological polar surface area (TPSA) is 54.4 Å². The fourth-order valence-corrected chi connectivity index (χ4v) is 10.3. The minimum Gasteiger partial charge on any atom is -0.389 e. The first-order valence-corrected chi connectivity index (χ1v) is 12.4. The molecule has 0 amide bonds. The second kappa shape index (κ2) is 6.17. The fourth-order valence-electron chi connectivity index (χ4n) is 10.3. The second-order valence-electron chi connectivity index (χ2n) is 12.2. The van der Waals surface area contributed by atoms with Crippen LogP contribution in [-0.4, -0.2) is 22.3 Å². The lowest BCUT2D eigenvalue weighted by Crippen LogP contribution is -2.66. The first-order valence-electron chi connectivity index (χ1n) is 12.4. The lowest BCUT2D eigenvalue weighted by atomic mass is 9.40. The van der Waals surface area contributed by atoms with Gasteiger partial charge in [0.1, 0.15) is 11.6 Å². The van der Waals surface area contributed by atoms with Crippen LogP contribution in [0.25, 0.3) is 0 Å². The average molecular weight is 401 g/mol. The third kappa shape index (κ3) is 2.24. The van der Waals surface area contributed by atoms with E-state index in [-0.39, 0.29) is 27.9 Å². The van der Waals surface area contributed by atoms with Crippen molar-refractivity contribution in [1.82, 2.24) is 0 Å². The molecule has 0 aromatic rings. The molecular formula is C26H40O3. The van der Waals surface area contributed by atoms with Crippen LogP contribution >= 0.6 is 0 Å². The molecular weight excluding hydrogens is 360 g/mol. The Kier molecular flexibility index (Phi) is 4.30. The molecule has 29 heavy (non-hydrogen) atoms. The minimum absolute atomic E-state index is 0.0959. The number of fused-ring (bicyclic) bond motifs is 7. The van der Waals surface area contributed by atoms with Gasteiger partial charge in [0.2, 0.25) is 0 Å². The average Bonchev–Trinajstić information content (AvgIpc) is 2.95. The summed E-state index contributed by atoms with van der Waals surface area (Å²) in [6, 6.07) is 0. The highest BCUT2D eigenvalue weighted by Crippen LogP contribution is 2.75. The van der Waals surface area contributed by atoms with Gasteiger partial charge in [-0.05, 0) is 86.9 Å². The molecule has 6 unspecified atom stereocenters. The zero-order chi connectivity index (χ0) is 20.8. The van der Waals surface area contributed by atoms with Gasteiger partial charge in [-0.25, -0.2) is 0 Å². The van der Waals surface area contributed by atoms with E-state index in [1.54, 1.807) is 0 Å². The van der Waals surface area contributed by atoms with E-state index in [4.69, 9.17) is 0 Å². The van der Waals surface area contributed by atoms with Gasteiger partial charge in [0.15, 0.2) is 0 Å². The first kappa shape index (κ1) is 20.2. The van der Waals surface area contributed by atoms with E-state index in [2.05, 4.69) is 20.8 Å². The first-order chi connectivity index (χ1) is 13.6. The van der Waals surface area contributed by atoms with Crippen molar-refractivity contribution in [2.75, 3.05) is 0 Å². The monoisotopic (exact) mass is 400 g/mol. The predicted octanol–water partition coefficient (Wildman–Crippen LogP) is 5.33. The summed E-state index contributed by atoms with van der Waals surface area (Å²) in [7, 11) is 0. The van der Waals surface area contributed by atoms with Crippen molar-refractivity contribution < 1.29 is 14.7 Å². The van der Waals surface area contributed by atoms with Gasteiger partial charge < -0.3 is 5.11 Å². The second-order valence-corrected chi connectivity index (χ2v) is 12.2. The lowest BCUT2D eigenvalue weighted by Gasteiger charge is -2.66. The van der Waals surface area contributed by atoms with Gasteiger partial charge in [0.25, 0.3) is 0 Å². The Balaban J connectivity index is 1.56. The third-order valence-corrected chi connectivity index (χ3v) is 11.7. The molecule has 0 spiro atoms. The maximum atomic E-state index is 13.2. The van der Waals surface area contributed by atoms with Crippen LogP contribution in [0.15, 0.2) is 0 Å². The molecule has 0 radical (unpaired) electrons. The standard InChI is InChI=1S/C26H40O3/c1-16-13-20-21(24(4)11-8-19(28)15-26(16,24)29)9-12-23(3)22(20)14-18-7-5-6-10-25(18,23)17(2)27/h16,18,20-22,29H,5-15H2,1-4H3/t16?,18?,20?,21?,22?,23-,24+,25?,26-/m0/s1. The quantitative estimate of drug-likeness (QED) is 0.647. The van der Waals surface area contributed by atoms with Crippen molar-refractivity contribution >= 4 is 11.6 Å². The molecule has 5 rings (SSSR count). The summed E-state index contributed by atoms with van der Waals surface area (Å²) in [5, 5.41) is 11.8. The molecule has 3 heteroatoms. The molecule has 5 aliphatic carbocycles. The third-order valence-electron chi connectivity index (χ3n) is 11.7. The summed E-state index contributed by atoms with van der Waals surface area (Å²) in [4.78, 5) is 25.5. The van der Waals surface area contributed by atoms with Crippen LogP contribution in [0.1, 0.15) is 98.3 Å². The Hall–Kier alpha value is -0.700. The van der Waals surface area contributed by atoms with Gasteiger partial charge in [-0.2, -0.15) is 0 Å². The molecule has 5 saturated carbocycles. The summed E-state index contributed by atoms with van der Waals surface area (Å²) < 4.78 is 0. The van der Waals surface area contributed by atoms with Crippen molar-refractivity contribution in [3.05, 3.63) is 0 Å². The van der Waals surface area contributed by atoms with Gasteiger partial charge in [0.05, 0.1) is 5.60 Å². The Morgan fingerprint density at radius 2 is 1.76 bits per heavy atom. The molecule has 0 bridgehead atoms. The molecule has 0 aromatic carbocycles. The van der Waals surface area contributed by atoms with E-state index in [0.717, 1.165) is 32.1 Å². The lowest BCUT2D eigenvalue weighted by molar-refractivity contribution is -0.230. The van der Waals surface area contributed by atoms with Crippen LogP contribution in [-0.2, 0) is 9.59 Å². The van der Waals surface area contributed by atoms with Gasteiger partial charge in [0, 0.05) is 23.7 Å². The number of carbonyl (C=O) groups is 2. The van der Waals surface area contributed by atoms with E-state index in [1.807, 2.05) is 6.92 Å². The number of rotatable bonds is 1. The van der Waals surface area contributed by atoms with Gasteiger partial charge in [-0.1, -0.05) is 33.6 Å². The van der Waals surface area contributed by atoms with E-state index < -0.39 is 5.60 Å². The van der Waals surface area contributed by atoms with Crippen molar-refractivity contribution in [3.63, 3.8) is 0 Å². The molecule has 9 atom stereocenters. The summed E-state index contributed by atoms with van der Waals surface area (Å²) in [6.45, 7) is 8.85. The zero-order valence-corrected chi connectivity index (χ0v) is 18.9. The predicted molar refractivity (Wildman–Crippen MR) is 113 cm³/mol. The molecule has 5 aliphatic rings. The molecule has 0 aliphatic heterocycles. The van der Waals surface area contributed by atoms with E-state index in [9.17, 15) is 14.7 Å². The van der Waals surface area contributed by atoms with Crippen molar-refractivity contribution in [2.45, 2.75) is 104 Å². The summed E-state index contributed by atoms with van der Waals surface area (Å²) in [5.74, 6) is 3.15. The molecule has 1 N–H and O–H groups in total. The van der Waals surface area contributed by atoms with Crippen LogP contribution in [0.4, 0.5) is 0 Å². The van der Waals surface area contributed by atoms with Gasteiger partial charge in [-0.3, -0.25) is 9.59 Å². The van der Waals surface area contributed by atoms with Crippen LogP contribution in [0.2, 0.25) is 0 Å². The zero-order valence-electron chi connectivity index (χ0n) is 18.9. The van der Waals surface area contributed by atoms with Gasteiger partial charge in [-0.15, -0.1) is 0 Å². The normalized spacial score (nSPS) is 56.7. The van der Waals surface area contributed by atoms with Crippen LogP contribution in [0, 0.1) is 45.8 Å².